The maximum Gasteiger partial charge on any atom is 0.225 e. The van der Waals surface area contributed by atoms with Gasteiger partial charge in [-0.15, -0.1) is 0 Å². The molecule has 0 spiro atoms. The highest BCUT2D eigenvalue weighted by Gasteiger charge is 2.16. The van der Waals surface area contributed by atoms with Gasteiger partial charge in [-0.2, -0.15) is 0 Å². The van der Waals surface area contributed by atoms with Crippen LogP contribution in [0.3, 0.4) is 0 Å². The Hall–Kier alpha value is -1.20. The Kier molecular flexibility index (Phi) is 4.28. The average molecular weight is 235 g/mol. The molecule has 0 amide bonds. The third-order valence-electron chi connectivity index (χ3n) is 3.10. The van der Waals surface area contributed by atoms with Crippen LogP contribution in [-0.2, 0) is 0 Å². The fourth-order valence-electron chi connectivity index (χ4n) is 2.17. The minimum Gasteiger partial charge on any atom is -0.339 e. The molecular formula is C12H21N5. The summed E-state index contributed by atoms with van der Waals surface area (Å²) < 4.78 is 0. The summed E-state index contributed by atoms with van der Waals surface area (Å²) in [5, 5.41) is 0. The number of aryl methyl sites for hydroxylation is 1. The second kappa shape index (κ2) is 5.93. The van der Waals surface area contributed by atoms with Gasteiger partial charge in [0.1, 0.15) is 0 Å². The zero-order chi connectivity index (χ0) is 12.1. The molecule has 1 saturated heterocycles. The van der Waals surface area contributed by atoms with Gasteiger partial charge in [-0.3, -0.25) is 0 Å². The highest BCUT2D eigenvalue weighted by molar-refractivity contribution is 5.30. The highest BCUT2D eigenvalue weighted by atomic mass is 15.3. The molecule has 1 aromatic rings. The standard InChI is InChI=1S/C12H21N5/c1-11-3-5-14-12(15-11)17-7-2-6-16(8-4-13)9-10-17/h3,5H,2,4,6-10,13H2,1H3. The number of aromatic nitrogens is 2. The van der Waals surface area contributed by atoms with E-state index < -0.39 is 0 Å². The van der Waals surface area contributed by atoms with Gasteiger partial charge in [-0.1, -0.05) is 0 Å². The van der Waals surface area contributed by atoms with Gasteiger partial charge in [0, 0.05) is 44.6 Å². The predicted molar refractivity (Wildman–Crippen MR) is 69.1 cm³/mol. The molecule has 0 atom stereocenters. The van der Waals surface area contributed by atoms with Crippen LogP contribution in [0.25, 0.3) is 0 Å². The first-order chi connectivity index (χ1) is 8.29. The second-order valence-electron chi connectivity index (χ2n) is 4.47. The van der Waals surface area contributed by atoms with E-state index in [4.69, 9.17) is 5.73 Å². The van der Waals surface area contributed by atoms with Gasteiger partial charge in [0.25, 0.3) is 0 Å². The molecule has 94 valence electrons. The molecule has 0 aliphatic carbocycles. The monoisotopic (exact) mass is 235 g/mol. The lowest BCUT2D eigenvalue weighted by Gasteiger charge is -2.21. The normalized spacial score (nSPS) is 18.1. The fraction of sp³-hybridized carbons (Fsp3) is 0.667. The van der Waals surface area contributed by atoms with Gasteiger partial charge < -0.3 is 15.5 Å². The fourth-order valence-corrected chi connectivity index (χ4v) is 2.17. The lowest BCUT2D eigenvalue weighted by atomic mass is 10.4. The largest absolute Gasteiger partial charge is 0.339 e. The molecule has 0 saturated carbocycles. The van der Waals surface area contributed by atoms with Crippen molar-refractivity contribution in [3.63, 3.8) is 0 Å². The first-order valence-electron chi connectivity index (χ1n) is 6.26. The van der Waals surface area contributed by atoms with Gasteiger partial charge in [0.05, 0.1) is 0 Å². The van der Waals surface area contributed by atoms with E-state index in [2.05, 4.69) is 19.8 Å². The third-order valence-corrected chi connectivity index (χ3v) is 3.10. The smallest absolute Gasteiger partial charge is 0.225 e. The van der Waals surface area contributed by atoms with E-state index in [-0.39, 0.29) is 0 Å². The molecule has 2 N–H and O–H groups in total. The third kappa shape index (κ3) is 3.38. The van der Waals surface area contributed by atoms with Gasteiger partial charge in [0.15, 0.2) is 0 Å². The van der Waals surface area contributed by atoms with Gasteiger partial charge in [-0.25, -0.2) is 9.97 Å². The van der Waals surface area contributed by atoms with Crippen molar-refractivity contribution in [3.05, 3.63) is 18.0 Å². The van der Waals surface area contributed by atoms with Crippen LogP contribution in [0.5, 0.6) is 0 Å². The molecule has 1 fully saturated rings. The maximum absolute atomic E-state index is 5.60. The molecule has 2 heterocycles. The van der Waals surface area contributed by atoms with Crippen molar-refractivity contribution >= 4 is 5.95 Å². The maximum atomic E-state index is 5.60. The van der Waals surface area contributed by atoms with E-state index in [1.54, 1.807) is 0 Å². The molecule has 2 rings (SSSR count). The minimum absolute atomic E-state index is 0.737. The Morgan fingerprint density at radius 1 is 1.29 bits per heavy atom. The molecule has 0 bridgehead atoms. The topological polar surface area (TPSA) is 58.3 Å². The number of rotatable bonds is 3. The highest BCUT2D eigenvalue weighted by Crippen LogP contribution is 2.11. The summed E-state index contributed by atoms with van der Waals surface area (Å²) in [5.41, 5.74) is 6.62. The molecule has 1 aliphatic heterocycles. The Balaban J connectivity index is 1.99. The van der Waals surface area contributed by atoms with E-state index in [9.17, 15) is 0 Å². The summed E-state index contributed by atoms with van der Waals surface area (Å²) in [5.74, 6) is 0.861. The zero-order valence-electron chi connectivity index (χ0n) is 10.5. The molecule has 1 aromatic heterocycles. The van der Waals surface area contributed by atoms with Crippen LogP contribution in [0.1, 0.15) is 12.1 Å². The molecule has 5 heteroatoms. The zero-order valence-corrected chi connectivity index (χ0v) is 10.5. The molecule has 5 nitrogen and oxygen atoms in total. The Morgan fingerprint density at radius 2 is 2.18 bits per heavy atom. The molecule has 0 unspecified atom stereocenters. The van der Waals surface area contributed by atoms with E-state index in [0.29, 0.717) is 0 Å². The molecule has 0 radical (unpaired) electrons. The SMILES string of the molecule is Cc1ccnc(N2CCCN(CCN)CC2)n1. The summed E-state index contributed by atoms with van der Waals surface area (Å²) >= 11 is 0. The summed E-state index contributed by atoms with van der Waals surface area (Å²) in [7, 11) is 0. The van der Waals surface area contributed by atoms with Crippen LogP contribution < -0.4 is 10.6 Å². The number of nitrogens with two attached hydrogens (primary N) is 1. The van der Waals surface area contributed by atoms with Crippen molar-refractivity contribution in [2.45, 2.75) is 13.3 Å². The molecule has 1 aliphatic rings. The lowest BCUT2D eigenvalue weighted by Crippen LogP contribution is -2.34. The number of hydrogen-bond acceptors (Lipinski definition) is 5. The predicted octanol–water partition coefficient (Wildman–Crippen LogP) is 0.256. The summed E-state index contributed by atoms with van der Waals surface area (Å²) in [4.78, 5) is 13.5. The first-order valence-corrected chi connectivity index (χ1v) is 6.26. The van der Waals surface area contributed by atoms with Crippen molar-refractivity contribution < 1.29 is 0 Å². The summed E-state index contributed by atoms with van der Waals surface area (Å²) in [6, 6.07) is 1.93. The van der Waals surface area contributed by atoms with E-state index in [0.717, 1.165) is 57.3 Å². The Bertz CT molecular complexity index is 355. The first kappa shape index (κ1) is 12.3. The van der Waals surface area contributed by atoms with Crippen LogP contribution in [0.15, 0.2) is 12.3 Å². The van der Waals surface area contributed by atoms with Crippen LogP contribution >= 0.6 is 0 Å². The van der Waals surface area contributed by atoms with Crippen LogP contribution in [-0.4, -0.2) is 54.1 Å². The van der Waals surface area contributed by atoms with Gasteiger partial charge in [0.2, 0.25) is 5.95 Å². The van der Waals surface area contributed by atoms with E-state index in [1.807, 2.05) is 19.2 Å². The Labute approximate surface area is 103 Å². The number of anilines is 1. The second-order valence-corrected chi connectivity index (χ2v) is 4.47. The quantitative estimate of drug-likeness (QED) is 0.814. The molecule has 17 heavy (non-hydrogen) atoms. The molecular weight excluding hydrogens is 214 g/mol. The van der Waals surface area contributed by atoms with Crippen molar-refractivity contribution in [1.29, 1.82) is 0 Å². The summed E-state index contributed by atoms with van der Waals surface area (Å²) in [6.45, 7) is 7.93. The van der Waals surface area contributed by atoms with Crippen molar-refractivity contribution in [2.24, 2.45) is 5.73 Å². The van der Waals surface area contributed by atoms with Gasteiger partial charge >= 0.3 is 0 Å². The number of hydrogen-bond donors (Lipinski definition) is 1. The number of nitrogens with zero attached hydrogens (tertiary/aromatic N) is 4. The minimum atomic E-state index is 0.737. The molecule has 0 aromatic carbocycles. The van der Waals surface area contributed by atoms with Crippen molar-refractivity contribution in [3.8, 4) is 0 Å². The van der Waals surface area contributed by atoms with Crippen molar-refractivity contribution in [2.75, 3.05) is 44.2 Å². The van der Waals surface area contributed by atoms with E-state index >= 15 is 0 Å². The van der Waals surface area contributed by atoms with Gasteiger partial charge in [-0.05, 0) is 26.0 Å². The van der Waals surface area contributed by atoms with Crippen LogP contribution in [0, 0.1) is 6.92 Å². The Morgan fingerprint density at radius 3 is 2.94 bits per heavy atom. The van der Waals surface area contributed by atoms with Crippen LogP contribution in [0.4, 0.5) is 5.95 Å². The summed E-state index contributed by atoms with van der Waals surface area (Å²) in [6.07, 6.45) is 2.98. The van der Waals surface area contributed by atoms with Crippen LogP contribution in [0.2, 0.25) is 0 Å². The lowest BCUT2D eigenvalue weighted by molar-refractivity contribution is 0.302. The van der Waals surface area contributed by atoms with E-state index in [1.165, 1.54) is 0 Å². The van der Waals surface area contributed by atoms with Crippen molar-refractivity contribution in [1.82, 2.24) is 14.9 Å². The average Bonchev–Trinajstić information content (AvgIpc) is 2.55.